The predicted octanol–water partition coefficient (Wildman–Crippen LogP) is 3.63. The van der Waals surface area contributed by atoms with Crippen LogP contribution in [0.25, 0.3) is 0 Å². The molecule has 0 unspecified atom stereocenters. The van der Waals surface area contributed by atoms with Gasteiger partial charge in [0.15, 0.2) is 0 Å². The number of hydrogen-bond acceptors (Lipinski definition) is 4. The van der Waals surface area contributed by atoms with Gasteiger partial charge in [-0.3, -0.25) is 14.4 Å². The highest BCUT2D eigenvalue weighted by Gasteiger charge is 2.28. The Morgan fingerprint density at radius 3 is 2.58 bits per heavy atom. The van der Waals surface area contributed by atoms with E-state index in [0.717, 1.165) is 5.56 Å². The molecule has 1 aromatic carbocycles. The first kappa shape index (κ1) is 20.9. The summed E-state index contributed by atoms with van der Waals surface area (Å²) in [5.41, 5.74) is 1.71. The summed E-state index contributed by atoms with van der Waals surface area (Å²) in [4.78, 5) is 39.1. The van der Waals surface area contributed by atoms with Gasteiger partial charge in [-0.2, -0.15) is 0 Å². The number of hydrogen-bond donors (Lipinski definition) is 1. The van der Waals surface area contributed by atoms with Crippen LogP contribution in [0, 0.1) is 5.92 Å². The minimum atomic E-state index is -0.197. The number of likely N-dealkylation sites (tertiary alicyclic amines) is 1. The van der Waals surface area contributed by atoms with E-state index in [1.807, 2.05) is 18.2 Å². The van der Waals surface area contributed by atoms with E-state index in [1.54, 1.807) is 29.3 Å². The summed E-state index contributed by atoms with van der Waals surface area (Å²) in [6.07, 6.45) is 5.68. The van der Waals surface area contributed by atoms with E-state index in [2.05, 4.69) is 5.32 Å². The van der Waals surface area contributed by atoms with Crippen LogP contribution in [0.4, 0.5) is 5.69 Å². The number of nitrogens with zero attached hydrogens (tertiary/aromatic N) is 2. The van der Waals surface area contributed by atoms with Crippen molar-refractivity contribution in [1.29, 1.82) is 0 Å². The molecular formula is C23H22ClN3O4. The number of benzene rings is 1. The summed E-state index contributed by atoms with van der Waals surface area (Å²) in [7, 11) is 0. The third-order valence-electron chi connectivity index (χ3n) is 5.47. The Bertz CT molecular complexity index is 1130. The van der Waals surface area contributed by atoms with Crippen molar-refractivity contribution in [3.05, 3.63) is 87.7 Å². The third kappa shape index (κ3) is 4.88. The Kier molecular flexibility index (Phi) is 6.23. The van der Waals surface area contributed by atoms with Crippen molar-refractivity contribution in [1.82, 2.24) is 9.47 Å². The molecule has 4 rings (SSSR count). The molecule has 0 saturated carbocycles. The first-order chi connectivity index (χ1) is 15.0. The van der Waals surface area contributed by atoms with Gasteiger partial charge in [0, 0.05) is 36.3 Å². The van der Waals surface area contributed by atoms with Gasteiger partial charge >= 0.3 is 0 Å². The summed E-state index contributed by atoms with van der Waals surface area (Å²) < 4.78 is 6.49. The van der Waals surface area contributed by atoms with Crippen LogP contribution in [0.15, 0.2) is 70.4 Å². The summed E-state index contributed by atoms with van der Waals surface area (Å²) >= 11 is 6.20. The van der Waals surface area contributed by atoms with Crippen molar-refractivity contribution >= 4 is 29.1 Å². The molecule has 3 aromatic rings. The summed E-state index contributed by atoms with van der Waals surface area (Å²) in [6, 6.07) is 12.0. The number of pyridine rings is 1. The molecule has 0 bridgehead atoms. The van der Waals surface area contributed by atoms with Gasteiger partial charge in [-0.15, -0.1) is 0 Å². The van der Waals surface area contributed by atoms with Gasteiger partial charge < -0.3 is 19.2 Å². The maximum absolute atomic E-state index is 12.7. The molecule has 0 aliphatic carbocycles. The predicted molar refractivity (Wildman–Crippen MR) is 117 cm³/mol. The first-order valence-corrected chi connectivity index (χ1v) is 10.5. The molecule has 1 aliphatic heterocycles. The number of furan rings is 1. The van der Waals surface area contributed by atoms with Gasteiger partial charge in [0.2, 0.25) is 5.91 Å². The lowest BCUT2D eigenvalue weighted by atomic mass is 9.95. The lowest BCUT2D eigenvalue weighted by molar-refractivity contribution is -0.121. The van der Waals surface area contributed by atoms with Gasteiger partial charge in [-0.25, -0.2) is 0 Å². The fourth-order valence-electron chi connectivity index (χ4n) is 3.70. The number of halogens is 1. The van der Waals surface area contributed by atoms with Crippen LogP contribution in [0.5, 0.6) is 0 Å². The van der Waals surface area contributed by atoms with E-state index in [-0.39, 0.29) is 23.3 Å². The minimum absolute atomic E-state index is 0.0840. The Morgan fingerprint density at radius 1 is 1.10 bits per heavy atom. The SMILES string of the molecule is O=C(Nc1ccc(=O)n(Cc2ccccc2Cl)c1)C1CCN(C(=O)c2ccoc2)CC1. The van der Waals surface area contributed by atoms with Gasteiger partial charge in [-0.1, -0.05) is 29.8 Å². The molecule has 1 aliphatic rings. The van der Waals surface area contributed by atoms with E-state index < -0.39 is 0 Å². The fraction of sp³-hybridized carbons (Fsp3) is 0.261. The molecule has 2 aromatic heterocycles. The average Bonchev–Trinajstić information content (AvgIpc) is 3.32. The minimum Gasteiger partial charge on any atom is -0.472 e. The molecule has 1 saturated heterocycles. The van der Waals surface area contributed by atoms with Crippen molar-refractivity contribution in [2.24, 2.45) is 5.92 Å². The summed E-state index contributed by atoms with van der Waals surface area (Å²) in [6.45, 7) is 1.33. The Balaban J connectivity index is 1.37. The molecule has 1 N–H and O–H groups in total. The van der Waals surface area contributed by atoms with Crippen molar-refractivity contribution < 1.29 is 14.0 Å². The lowest BCUT2D eigenvalue weighted by Gasteiger charge is -2.31. The second-order valence-electron chi connectivity index (χ2n) is 7.54. The van der Waals surface area contributed by atoms with E-state index in [4.69, 9.17) is 16.0 Å². The number of carbonyl (C=O) groups excluding carboxylic acids is 2. The molecule has 160 valence electrons. The van der Waals surface area contributed by atoms with Crippen LogP contribution in [0.2, 0.25) is 5.02 Å². The maximum Gasteiger partial charge on any atom is 0.257 e. The molecule has 2 amide bonds. The van der Waals surface area contributed by atoms with Crippen LogP contribution < -0.4 is 10.9 Å². The van der Waals surface area contributed by atoms with E-state index in [1.165, 1.54) is 23.2 Å². The van der Waals surface area contributed by atoms with Crippen LogP contribution in [-0.4, -0.2) is 34.4 Å². The highest BCUT2D eigenvalue weighted by atomic mass is 35.5. The lowest BCUT2D eigenvalue weighted by Crippen LogP contribution is -2.41. The van der Waals surface area contributed by atoms with E-state index in [9.17, 15) is 14.4 Å². The second-order valence-corrected chi connectivity index (χ2v) is 7.95. The van der Waals surface area contributed by atoms with Crippen LogP contribution in [0.1, 0.15) is 28.8 Å². The zero-order valence-electron chi connectivity index (χ0n) is 16.8. The molecule has 0 spiro atoms. The fourth-order valence-corrected chi connectivity index (χ4v) is 3.89. The third-order valence-corrected chi connectivity index (χ3v) is 5.84. The highest BCUT2D eigenvalue weighted by molar-refractivity contribution is 6.31. The smallest absolute Gasteiger partial charge is 0.257 e. The topological polar surface area (TPSA) is 84.5 Å². The Hall–Kier alpha value is -3.32. The molecule has 1 fully saturated rings. The van der Waals surface area contributed by atoms with Gasteiger partial charge in [0.25, 0.3) is 11.5 Å². The van der Waals surface area contributed by atoms with Gasteiger partial charge in [-0.05, 0) is 36.6 Å². The zero-order valence-corrected chi connectivity index (χ0v) is 17.5. The van der Waals surface area contributed by atoms with Crippen molar-refractivity contribution in [3.8, 4) is 0 Å². The summed E-state index contributed by atoms with van der Waals surface area (Å²) in [5.74, 6) is -0.394. The average molecular weight is 440 g/mol. The number of aromatic nitrogens is 1. The molecule has 0 atom stereocenters. The van der Waals surface area contributed by atoms with Crippen molar-refractivity contribution in [2.45, 2.75) is 19.4 Å². The van der Waals surface area contributed by atoms with Gasteiger partial charge in [0.05, 0.1) is 24.1 Å². The molecule has 8 heteroatoms. The van der Waals surface area contributed by atoms with Crippen molar-refractivity contribution in [2.75, 3.05) is 18.4 Å². The summed E-state index contributed by atoms with van der Waals surface area (Å²) in [5, 5.41) is 3.49. The molecule has 0 radical (unpaired) electrons. The largest absolute Gasteiger partial charge is 0.472 e. The zero-order chi connectivity index (χ0) is 21.8. The highest BCUT2D eigenvalue weighted by Crippen LogP contribution is 2.21. The number of amides is 2. The van der Waals surface area contributed by atoms with Gasteiger partial charge in [0.1, 0.15) is 6.26 Å². The number of nitrogens with one attached hydrogen (secondary N) is 1. The van der Waals surface area contributed by atoms with E-state index in [0.29, 0.717) is 48.7 Å². The standard InChI is InChI=1S/C23H22ClN3O4/c24-20-4-2-1-3-17(20)13-27-14-19(5-6-21(27)28)25-22(29)16-7-10-26(11-8-16)23(30)18-9-12-31-15-18/h1-6,9,12,14-16H,7-8,10-11,13H2,(H,25,29). The van der Waals surface area contributed by atoms with Crippen LogP contribution in [0.3, 0.4) is 0 Å². The Morgan fingerprint density at radius 2 is 1.87 bits per heavy atom. The molecule has 31 heavy (non-hydrogen) atoms. The van der Waals surface area contributed by atoms with E-state index >= 15 is 0 Å². The van der Waals surface area contributed by atoms with Crippen molar-refractivity contribution in [3.63, 3.8) is 0 Å². The monoisotopic (exact) mass is 439 g/mol. The normalized spacial score (nSPS) is 14.4. The van der Waals surface area contributed by atoms with Crippen LogP contribution >= 0.6 is 11.6 Å². The quantitative estimate of drug-likeness (QED) is 0.657. The molecular weight excluding hydrogens is 418 g/mol. The first-order valence-electron chi connectivity index (χ1n) is 10.1. The molecule has 7 nitrogen and oxygen atoms in total. The Labute approximate surface area is 184 Å². The number of rotatable bonds is 5. The number of piperidine rings is 1. The second kappa shape index (κ2) is 9.22. The maximum atomic E-state index is 12.7. The number of anilines is 1. The number of carbonyl (C=O) groups is 2. The molecule has 3 heterocycles. The van der Waals surface area contributed by atoms with Crippen LogP contribution in [-0.2, 0) is 11.3 Å².